The molecule has 0 unspecified atom stereocenters. The number of nitrogens with one attached hydrogen (secondary N) is 1. The number of pyridine rings is 1. The highest BCUT2D eigenvalue weighted by atomic mass is 35.5. The Morgan fingerprint density at radius 2 is 2.33 bits per heavy atom. The third-order valence-electron chi connectivity index (χ3n) is 1.32. The molecular formula is C6H4ClN5. The molecule has 0 atom stereocenters. The molecule has 2 aromatic rings. The molecule has 2 heterocycles. The molecular weight excluding hydrogens is 178 g/mol. The summed E-state index contributed by atoms with van der Waals surface area (Å²) in [7, 11) is 0. The van der Waals surface area contributed by atoms with Gasteiger partial charge in [0.05, 0.1) is 5.02 Å². The van der Waals surface area contributed by atoms with Gasteiger partial charge in [-0.1, -0.05) is 11.6 Å². The van der Waals surface area contributed by atoms with Crippen LogP contribution in [-0.4, -0.2) is 25.6 Å². The largest absolute Gasteiger partial charge is 0.251 e. The van der Waals surface area contributed by atoms with E-state index in [2.05, 4.69) is 25.6 Å². The van der Waals surface area contributed by atoms with E-state index < -0.39 is 0 Å². The first-order chi connectivity index (χ1) is 5.88. The van der Waals surface area contributed by atoms with E-state index in [-0.39, 0.29) is 0 Å². The van der Waals surface area contributed by atoms with Crippen molar-refractivity contribution in [2.75, 3.05) is 0 Å². The van der Waals surface area contributed by atoms with Crippen molar-refractivity contribution in [3.05, 3.63) is 23.4 Å². The van der Waals surface area contributed by atoms with Crippen molar-refractivity contribution in [2.45, 2.75) is 0 Å². The van der Waals surface area contributed by atoms with Crippen LogP contribution in [0.3, 0.4) is 0 Å². The summed E-state index contributed by atoms with van der Waals surface area (Å²) in [5.74, 6) is 0.403. The molecule has 0 saturated heterocycles. The molecule has 0 aromatic carbocycles. The Morgan fingerprint density at radius 3 is 3.00 bits per heavy atom. The van der Waals surface area contributed by atoms with Crippen LogP contribution in [0.25, 0.3) is 11.5 Å². The van der Waals surface area contributed by atoms with E-state index in [1.165, 1.54) is 0 Å². The molecule has 0 fully saturated rings. The minimum absolute atomic E-state index is 0.403. The second-order valence-electron chi connectivity index (χ2n) is 2.07. The van der Waals surface area contributed by atoms with Crippen LogP contribution in [0.5, 0.6) is 0 Å². The molecule has 2 aromatic heterocycles. The number of hydrogen-bond acceptors (Lipinski definition) is 4. The van der Waals surface area contributed by atoms with Gasteiger partial charge in [0.25, 0.3) is 0 Å². The van der Waals surface area contributed by atoms with Crippen LogP contribution in [0.1, 0.15) is 0 Å². The minimum atomic E-state index is 0.403. The maximum absolute atomic E-state index is 5.83. The van der Waals surface area contributed by atoms with Gasteiger partial charge in [-0.05, 0) is 17.3 Å². The number of aromatic amines is 1. The number of tetrazole rings is 1. The fourth-order valence-corrected chi connectivity index (χ4v) is 1.02. The lowest BCUT2D eigenvalue weighted by Crippen LogP contribution is -1.86. The van der Waals surface area contributed by atoms with Gasteiger partial charge in [-0.25, -0.2) is 0 Å². The van der Waals surface area contributed by atoms with Crippen LogP contribution in [0.4, 0.5) is 0 Å². The van der Waals surface area contributed by atoms with Crippen molar-refractivity contribution >= 4 is 11.6 Å². The quantitative estimate of drug-likeness (QED) is 0.710. The lowest BCUT2D eigenvalue weighted by molar-refractivity contribution is 0.881. The summed E-state index contributed by atoms with van der Waals surface area (Å²) in [5.41, 5.74) is 0.535. The number of H-pyrrole nitrogens is 1. The average Bonchev–Trinajstić information content (AvgIpc) is 2.57. The maximum atomic E-state index is 5.83. The van der Waals surface area contributed by atoms with Gasteiger partial charge in [-0.2, -0.15) is 5.21 Å². The molecule has 2 rings (SSSR count). The van der Waals surface area contributed by atoms with Gasteiger partial charge in [0, 0.05) is 6.20 Å². The summed E-state index contributed by atoms with van der Waals surface area (Å²) in [6.45, 7) is 0. The summed E-state index contributed by atoms with van der Waals surface area (Å²) in [6, 6.07) is 3.46. The normalized spacial score (nSPS) is 10.1. The lowest BCUT2D eigenvalue weighted by atomic mass is 10.3. The van der Waals surface area contributed by atoms with Gasteiger partial charge in [-0.3, -0.25) is 4.98 Å². The molecule has 0 radical (unpaired) electrons. The Bertz CT molecular complexity index is 371. The number of nitrogens with zero attached hydrogens (tertiary/aromatic N) is 4. The van der Waals surface area contributed by atoms with Crippen molar-refractivity contribution in [1.29, 1.82) is 0 Å². The molecule has 0 aliphatic rings. The van der Waals surface area contributed by atoms with Crippen molar-refractivity contribution in [1.82, 2.24) is 25.6 Å². The first kappa shape index (κ1) is 7.17. The summed E-state index contributed by atoms with van der Waals surface area (Å²) >= 11 is 5.83. The van der Waals surface area contributed by atoms with E-state index in [1.54, 1.807) is 18.3 Å². The Labute approximate surface area is 72.8 Å². The molecule has 0 spiro atoms. The second kappa shape index (κ2) is 2.86. The van der Waals surface area contributed by atoms with Gasteiger partial charge >= 0.3 is 0 Å². The van der Waals surface area contributed by atoms with Gasteiger partial charge in [0.15, 0.2) is 0 Å². The van der Waals surface area contributed by atoms with Gasteiger partial charge < -0.3 is 0 Å². The molecule has 60 valence electrons. The van der Waals surface area contributed by atoms with Crippen LogP contribution in [0.15, 0.2) is 18.3 Å². The number of halogens is 1. The number of rotatable bonds is 1. The van der Waals surface area contributed by atoms with Gasteiger partial charge in [-0.15, -0.1) is 10.2 Å². The van der Waals surface area contributed by atoms with Crippen LogP contribution in [0.2, 0.25) is 5.02 Å². The van der Waals surface area contributed by atoms with E-state index in [4.69, 9.17) is 11.6 Å². The highest BCUT2D eigenvalue weighted by Gasteiger charge is 2.07. The van der Waals surface area contributed by atoms with Crippen molar-refractivity contribution in [2.24, 2.45) is 0 Å². The van der Waals surface area contributed by atoms with Gasteiger partial charge in [0.1, 0.15) is 5.69 Å². The highest BCUT2D eigenvalue weighted by molar-refractivity contribution is 6.32. The molecule has 5 nitrogen and oxygen atoms in total. The zero-order chi connectivity index (χ0) is 8.39. The van der Waals surface area contributed by atoms with E-state index in [0.717, 1.165) is 0 Å². The van der Waals surface area contributed by atoms with E-state index >= 15 is 0 Å². The van der Waals surface area contributed by atoms with E-state index in [0.29, 0.717) is 16.5 Å². The molecule has 0 saturated carbocycles. The molecule has 12 heavy (non-hydrogen) atoms. The number of aromatic nitrogens is 5. The molecule has 1 N–H and O–H groups in total. The lowest BCUT2D eigenvalue weighted by Gasteiger charge is -1.94. The fraction of sp³-hybridized carbons (Fsp3) is 0. The number of hydrogen-bond donors (Lipinski definition) is 1. The fourth-order valence-electron chi connectivity index (χ4n) is 0.812. The summed E-state index contributed by atoms with van der Waals surface area (Å²) in [5, 5.41) is 13.8. The first-order valence-electron chi connectivity index (χ1n) is 3.22. The van der Waals surface area contributed by atoms with E-state index in [1.807, 2.05) is 0 Å². The molecule has 0 bridgehead atoms. The zero-order valence-corrected chi connectivity index (χ0v) is 6.65. The van der Waals surface area contributed by atoms with E-state index in [9.17, 15) is 0 Å². The highest BCUT2D eigenvalue weighted by Crippen LogP contribution is 2.20. The Kier molecular flexibility index (Phi) is 1.71. The smallest absolute Gasteiger partial charge is 0.224 e. The summed E-state index contributed by atoms with van der Waals surface area (Å²) in [4.78, 5) is 4.00. The molecule has 0 aliphatic carbocycles. The van der Waals surface area contributed by atoms with Crippen LogP contribution >= 0.6 is 11.6 Å². The molecule has 0 aliphatic heterocycles. The Balaban J connectivity index is 2.55. The second-order valence-corrected chi connectivity index (χ2v) is 2.48. The third-order valence-corrected chi connectivity index (χ3v) is 1.62. The topological polar surface area (TPSA) is 67.3 Å². The first-order valence-corrected chi connectivity index (χ1v) is 3.60. The third kappa shape index (κ3) is 1.14. The minimum Gasteiger partial charge on any atom is -0.251 e. The predicted molar refractivity (Wildman–Crippen MR) is 42.4 cm³/mol. The van der Waals surface area contributed by atoms with Crippen molar-refractivity contribution in [3.8, 4) is 11.5 Å². The summed E-state index contributed by atoms with van der Waals surface area (Å²) < 4.78 is 0. The standard InChI is InChI=1S/C6H4ClN5/c7-4-2-1-3-8-5(4)6-9-11-12-10-6/h1-3H,(H,9,10,11,12). The van der Waals surface area contributed by atoms with Crippen molar-refractivity contribution in [3.63, 3.8) is 0 Å². The molecule has 0 amide bonds. The SMILES string of the molecule is Clc1cccnc1-c1nn[nH]n1. The predicted octanol–water partition coefficient (Wildman–Crippen LogP) is 0.915. The Morgan fingerprint density at radius 1 is 1.42 bits per heavy atom. The van der Waals surface area contributed by atoms with Crippen LogP contribution < -0.4 is 0 Å². The van der Waals surface area contributed by atoms with Crippen LogP contribution in [0, 0.1) is 0 Å². The monoisotopic (exact) mass is 181 g/mol. The summed E-state index contributed by atoms with van der Waals surface area (Å²) in [6.07, 6.45) is 1.62. The Hall–Kier alpha value is -1.49. The zero-order valence-electron chi connectivity index (χ0n) is 5.90. The van der Waals surface area contributed by atoms with Crippen molar-refractivity contribution < 1.29 is 0 Å². The van der Waals surface area contributed by atoms with Crippen LogP contribution in [-0.2, 0) is 0 Å². The molecule has 6 heteroatoms. The average molecular weight is 182 g/mol. The van der Waals surface area contributed by atoms with Gasteiger partial charge in [0.2, 0.25) is 5.82 Å². The maximum Gasteiger partial charge on any atom is 0.224 e.